The second-order valence-electron chi connectivity index (χ2n) is 10.5. The molecular formula is C32H32N2O7. The molecule has 5 rings (SSSR count). The highest BCUT2D eigenvalue weighted by Gasteiger charge is 2.68. The van der Waals surface area contributed by atoms with Crippen LogP contribution in [0.3, 0.4) is 0 Å². The van der Waals surface area contributed by atoms with E-state index >= 15 is 0 Å². The first-order valence-corrected chi connectivity index (χ1v) is 13.6. The maximum Gasteiger partial charge on any atom is 0.337 e. The molecule has 9 heteroatoms. The Morgan fingerprint density at radius 1 is 0.927 bits per heavy atom. The number of carboxylic acid groups (broad SMARTS) is 1. The number of nitrogens with one attached hydrogen (secondary N) is 1. The highest BCUT2D eigenvalue weighted by Crippen LogP contribution is 2.51. The molecule has 3 aromatic carbocycles. The molecule has 2 fully saturated rings. The highest BCUT2D eigenvalue weighted by atomic mass is 16.5. The van der Waals surface area contributed by atoms with Crippen molar-refractivity contribution in [3.05, 3.63) is 94.5 Å². The van der Waals surface area contributed by atoms with E-state index < -0.39 is 47.2 Å². The summed E-state index contributed by atoms with van der Waals surface area (Å²) in [5, 5.41) is 23.7. The van der Waals surface area contributed by atoms with E-state index in [0.29, 0.717) is 35.2 Å². The quantitative estimate of drug-likeness (QED) is 0.282. The fraction of sp³-hybridized carbons (Fsp3) is 0.312. The first kappa shape index (κ1) is 28.0. The molecule has 212 valence electrons. The summed E-state index contributed by atoms with van der Waals surface area (Å²) in [5.74, 6) is -4.98. The van der Waals surface area contributed by atoms with Crippen LogP contribution in [0.15, 0.2) is 66.7 Å². The Balaban J connectivity index is 1.67. The van der Waals surface area contributed by atoms with Gasteiger partial charge in [-0.1, -0.05) is 56.3 Å². The van der Waals surface area contributed by atoms with E-state index in [9.17, 15) is 29.4 Å². The van der Waals surface area contributed by atoms with Crippen LogP contribution in [0.2, 0.25) is 0 Å². The normalized spacial score (nSPS) is 23.5. The molecule has 0 radical (unpaired) electrons. The fourth-order valence-electron chi connectivity index (χ4n) is 6.33. The molecule has 4 unspecified atom stereocenters. The second kappa shape index (κ2) is 10.8. The van der Waals surface area contributed by atoms with Gasteiger partial charge in [-0.25, -0.2) is 9.69 Å². The number of benzene rings is 3. The molecule has 0 saturated carbocycles. The summed E-state index contributed by atoms with van der Waals surface area (Å²) < 4.78 is 4.79. The molecule has 9 nitrogen and oxygen atoms in total. The van der Waals surface area contributed by atoms with Crippen LogP contribution in [-0.2, 0) is 38.4 Å². The summed E-state index contributed by atoms with van der Waals surface area (Å²) in [6.45, 7) is 3.90. The smallest absolute Gasteiger partial charge is 0.337 e. The van der Waals surface area contributed by atoms with Gasteiger partial charge in [0.2, 0.25) is 11.8 Å². The van der Waals surface area contributed by atoms with E-state index in [4.69, 9.17) is 4.74 Å². The zero-order valence-corrected chi connectivity index (χ0v) is 23.1. The van der Waals surface area contributed by atoms with Crippen molar-refractivity contribution in [2.45, 2.75) is 44.7 Å². The molecule has 41 heavy (non-hydrogen) atoms. The van der Waals surface area contributed by atoms with Crippen LogP contribution < -0.4 is 10.2 Å². The number of carbonyl (C=O) groups excluding carboxylic acids is 3. The first-order valence-electron chi connectivity index (χ1n) is 13.6. The van der Waals surface area contributed by atoms with Gasteiger partial charge in [0, 0.05) is 12.5 Å². The van der Waals surface area contributed by atoms with Gasteiger partial charge in [0.1, 0.15) is 11.3 Å². The molecule has 2 amide bonds. The van der Waals surface area contributed by atoms with Gasteiger partial charge in [-0.3, -0.25) is 19.7 Å². The Morgan fingerprint density at radius 2 is 1.54 bits per heavy atom. The zero-order chi connectivity index (χ0) is 29.5. The number of fused-ring (bicyclic) bond motifs is 1. The van der Waals surface area contributed by atoms with Crippen LogP contribution >= 0.6 is 0 Å². The monoisotopic (exact) mass is 556 g/mol. The number of nitrogens with zero attached hydrogens (tertiary/aromatic N) is 1. The number of hydrogen-bond acceptors (Lipinski definition) is 7. The number of amides is 2. The number of aliphatic carboxylic acids is 1. The standard InChI is InChI=1S/C32H32N2O7/c1-4-19-7-6-8-20(5-2)27(19)34-28(36)24-25(29(34)37)32(31(39)40,17-18-9-15-23(35)16-10-18)33-26(24)21-11-13-22(14-12-21)30(38)41-3/h6-16,24-26,33,35H,4-5,17H2,1-3H3,(H,39,40). The van der Waals surface area contributed by atoms with Crippen molar-refractivity contribution in [1.29, 1.82) is 0 Å². The molecule has 2 heterocycles. The molecule has 3 aromatic rings. The summed E-state index contributed by atoms with van der Waals surface area (Å²) >= 11 is 0. The van der Waals surface area contributed by atoms with Crippen molar-refractivity contribution in [3.63, 3.8) is 0 Å². The van der Waals surface area contributed by atoms with Crippen LogP contribution in [0.5, 0.6) is 5.75 Å². The van der Waals surface area contributed by atoms with Crippen LogP contribution in [-0.4, -0.2) is 46.6 Å². The van der Waals surface area contributed by atoms with Gasteiger partial charge < -0.3 is 14.9 Å². The molecule has 0 bridgehead atoms. The number of hydrogen-bond donors (Lipinski definition) is 3. The lowest BCUT2D eigenvalue weighted by molar-refractivity contribution is -0.148. The molecule has 4 atom stereocenters. The van der Waals surface area contributed by atoms with E-state index in [0.717, 1.165) is 11.1 Å². The Bertz CT molecular complexity index is 1490. The molecule has 0 spiro atoms. The third kappa shape index (κ3) is 4.56. The number of carbonyl (C=O) groups is 4. The number of phenolic OH excluding ortho intramolecular Hbond substituents is 1. The molecule has 2 aliphatic heterocycles. The SMILES string of the molecule is CCc1cccc(CC)c1N1C(=O)C2C(c3ccc(C(=O)OC)cc3)NC(Cc3ccc(O)cc3)(C(=O)O)C2C1=O. The minimum absolute atomic E-state index is 0.0283. The molecule has 3 N–H and O–H groups in total. The van der Waals surface area contributed by atoms with Gasteiger partial charge in [-0.2, -0.15) is 0 Å². The van der Waals surface area contributed by atoms with E-state index in [1.165, 1.54) is 24.1 Å². The first-order chi connectivity index (χ1) is 19.7. The molecule has 2 aliphatic rings. The van der Waals surface area contributed by atoms with Gasteiger partial charge in [0.05, 0.1) is 30.2 Å². The zero-order valence-electron chi connectivity index (χ0n) is 23.1. The van der Waals surface area contributed by atoms with Gasteiger partial charge in [0.25, 0.3) is 0 Å². The average Bonchev–Trinajstić information content (AvgIpc) is 3.46. The van der Waals surface area contributed by atoms with Crippen molar-refractivity contribution in [2.75, 3.05) is 12.0 Å². The lowest BCUT2D eigenvalue weighted by atomic mass is 9.76. The highest BCUT2D eigenvalue weighted by molar-refractivity contribution is 6.25. The predicted molar refractivity (Wildman–Crippen MR) is 151 cm³/mol. The molecular weight excluding hydrogens is 524 g/mol. The van der Waals surface area contributed by atoms with Crippen molar-refractivity contribution in [3.8, 4) is 5.75 Å². The maximum absolute atomic E-state index is 14.4. The van der Waals surface area contributed by atoms with Gasteiger partial charge in [-0.05, 0) is 59.4 Å². The lowest BCUT2D eigenvalue weighted by Gasteiger charge is -2.32. The molecule has 0 aliphatic carbocycles. The Kier molecular flexibility index (Phi) is 7.40. The Labute approximate surface area is 237 Å². The minimum atomic E-state index is -1.82. The number of para-hydroxylation sites is 1. The number of aryl methyl sites for hydroxylation is 2. The summed E-state index contributed by atoms with van der Waals surface area (Å²) in [4.78, 5) is 55.1. The Morgan fingerprint density at radius 3 is 2.07 bits per heavy atom. The van der Waals surface area contributed by atoms with Crippen molar-refractivity contribution in [1.82, 2.24) is 5.32 Å². The number of phenols is 1. The van der Waals surface area contributed by atoms with Crippen LogP contribution in [0.4, 0.5) is 5.69 Å². The minimum Gasteiger partial charge on any atom is -0.508 e. The van der Waals surface area contributed by atoms with E-state index in [1.54, 1.807) is 36.4 Å². The topological polar surface area (TPSA) is 133 Å². The van der Waals surface area contributed by atoms with Crippen molar-refractivity contribution >= 4 is 29.4 Å². The summed E-state index contributed by atoms with van der Waals surface area (Å²) in [5.41, 5.74) is 1.84. The van der Waals surface area contributed by atoms with E-state index in [1.807, 2.05) is 32.0 Å². The summed E-state index contributed by atoms with van der Waals surface area (Å²) in [6.07, 6.45) is 1.08. The second-order valence-corrected chi connectivity index (χ2v) is 10.5. The van der Waals surface area contributed by atoms with Crippen molar-refractivity contribution in [2.24, 2.45) is 11.8 Å². The molecule has 2 saturated heterocycles. The van der Waals surface area contributed by atoms with Crippen LogP contribution in [0.25, 0.3) is 0 Å². The number of anilines is 1. The maximum atomic E-state index is 14.4. The van der Waals surface area contributed by atoms with Crippen LogP contribution in [0, 0.1) is 11.8 Å². The lowest BCUT2D eigenvalue weighted by Crippen LogP contribution is -2.57. The van der Waals surface area contributed by atoms with Gasteiger partial charge in [-0.15, -0.1) is 0 Å². The molecule has 0 aromatic heterocycles. The predicted octanol–water partition coefficient (Wildman–Crippen LogP) is 3.82. The summed E-state index contributed by atoms with van der Waals surface area (Å²) in [6, 6.07) is 17.4. The van der Waals surface area contributed by atoms with E-state index in [-0.39, 0.29) is 12.2 Å². The third-order valence-corrected chi connectivity index (χ3v) is 8.33. The Hall–Kier alpha value is -4.50. The number of carboxylic acids is 1. The third-order valence-electron chi connectivity index (χ3n) is 8.33. The van der Waals surface area contributed by atoms with Gasteiger partial charge in [0.15, 0.2) is 0 Å². The number of aromatic hydroxyl groups is 1. The number of esters is 1. The van der Waals surface area contributed by atoms with Gasteiger partial charge >= 0.3 is 11.9 Å². The van der Waals surface area contributed by atoms with Crippen molar-refractivity contribution < 1.29 is 34.1 Å². The number of ether oxygens (including phenoxy) is 1. The number of imide groups is 1. The fourth-order valence-corrected chi connectivity index (χ4v) is 6.33. The summed E-state index contributed by atoms with van der Waals surface area (Å²) in [7, 11) is 1.28. The van der Waals surface area contributed by atoms with Crippen LogP contribution in [0.1, 0.15) is 52.5 Å². The number of rotatable bonds is 8. The number of methoxy groups -OCH3 is 1. The average molecular weight is 557 g/mol. The largest absolute Gasteiger partial charge is 0.508 e. The van der Waals surface area contributed by atoms with E-state index in [2.05, 4.69) is 5.32 Å².